The van der Waals surface area contributed by atoms with Gasteiger partial charge >= 0.3 is 0 Å². The van der Waals surface area contributed by atoms with Crippen LogP contribution in [0.25, 0.3) is 11.8 Å². The molecular weight excluding hydrogens is 470 g/mol. The molecule has 3 amide bonds. The summed E-state index contributed by atoms with van der Waals surface area (Å²) in [6.45, 7) is 7.46. The van der Waals surface area contributed by atoms with E-state index < -0.39 is 17.1 Å². The van der Waals surface area contributed by atoms with E-state index in [2.05, 4.69) is 9.88 Å². The van der Waals surface area contributed by atoms with Gasteiger partial charge in [-0.2, -0.15) is 0 Å². The van der Waals surface area contributed by atoms with Gasteiger partial charge in [-0.3, -0.25) is 19.3 Å². The van der Waals surface area contributed by atoms with E-state index >= 15 is 0 Å². The van der Waals surface area contributed by atoms with Crippen molar-refractivity contribution in [2.24, 2.45) is 0 Å². The van der Waals surface area contributed by atoms with Crippen LogP contribution in [-0.4, -0.2) is 33.1 Å². The Bertz CT molecular complexity index is 1340. The van der Waals surface area contributed by atoms with Gasteiger partial charge < -0.3 is 9.88 Å². The molecule has 0 radical (unpaired) electrons. The van der Waals surface area contributed by atoms with Crippen molar-refractivity contribution in [3.63, 3.8) is 0 Å². The first-order valence-corrected chi connectivity index (χ1v) is 11.9. The molecule has 0 bridgehead atoms. The van der Waals surface area contributed by atoms with Gasteiger partial charge in [-0.15, -0.1) is 0 Å². The summed E-state index contributed by atoms with van der Waals surface area (Å²) >= 11 is 6.86. The quantitative estimate of drug-likeness (QED) is 0.440. The first-order chi connectivity index (χ1) is 16.1. The van der Waals surface area contributed by atoms with Gasteiger partial charge in [-0.1, -0.05) is 29.3 Å². The number of nitrogens with zero attached hydrogens (tertiary/aromatic N) is 2. The molecule has 0 spiro atoms. The van der Waals surface area contributed by atoms with Crippen LogP contribution in [0.5, 0.6) is 0 Å². The van der Waals surface area contributed by atoms with Gasteiger partial charge in [0, 0.05) is 27.8 Å². The van der Waals surface area contributed by atoms with Crippen molar-refractivity contribution in [2.75, 3.05) is 11.9 Å². The lowest BCUT2D eigenvalue weighted by molar-refractivity contribution is -0.127. The molecule has 0 saturated carbocycles. The van der Waals surface area contributed by atoms with Gasteiger partial charge in [0.05, 0.1) is 4.91 Å². The summed E-state index contributed by atoms with van der Waals surface area (Å²) in [6, 6.07) is 15.1. The largest absolute Gasteiger partial charge is 0.324 e. The Balaban J connectivity index is 1.52. The molecule has 1 saturated heterocycles. The number of benzene rings is 2. The van der Waals surface area contributed by atoms with E-state index in [-0.39, 0.29) is 6.54 Å². The maximum atomic E-state index is 12.9. The van der Waals surface area contributed by atoms with Gasteiger partial charge in [0.1, 0.15) is 6.54 Å². The van der Waals surface area contributed by atoms with Gasteiger partial charge in [0.2, 0.25) is 5.91 Å². The van der Waals surface area contributed by atoms with Crippen LogP contribution in [0.3, 0.4) is 0 Å². The maximum absolute atomic E-state index is 12.9. The van der Waals surface area contributed by atoms with Gasteiger partial charge in [-0.25, -0.2) is 0 Å². The second kappa shape index (κ2) is 9.52. The lowest BCUT2D eigenvalue weighted by atomic mass is 10.1. The molecule has 0 aliphatic carbocycles. The minimum Gasteiger partial charge on any atom is -0.324 e. The molecule has 1 fully saturated rings. The zero-order valence-electron chi connectivity index (χ0n) is 19.3. The molecule has 6 nitrogen and oxygen atoms in total. The smallest absolute Gasteiger partial charge is 0.294 e. The molecule has 2 heterocycles. The zero-order valence-corrected chi connectivity index (χ0v) is 20.9. The van der Waals surface area contributed by atoms with E-state index in [0.717, 1.165) is 50.4 Å². The standard InChI is InChI=1S/C26H24ClN3O3S/c1-15-5-10-22(16(2)11-15)28-24(31)14-29-25(32)23(34-26(29)33)13-19-12-17(3)30(18(19)4)21-8-6-20(27)7-9-21/h5-13H,14H2,1-4H3,(H,28,31)/b23-13+. The Morgan fingerprint density at radius 3 is 2.41 bits per heavy atom. The number of anilines is 1. The van der Waals surface area contributed by atoms with Crippen LogP contribution in [-0.2, 0) is 9.59 Å². The number of nitrogens with one attached hydrogen (secondary N) is 1. The molecule has 34 heavy (non-hydrogen) atoms. The van der Waals surface area contributed by atoms with Crippen LogP contribution in [0.2, 0.25) is 5.02 Å². The van der Waals surface area contributed by atoms with E-state index in [4.69, 9.17) is 11.6 Å². The summed E-state index contributed by atoms with van der Waals surface area (Å²) < 4.78 is 2.06. The van der Waals surface area contributed by atoms with E-state index in [0.29, 0.717) is 15.6 Å². The minimum atomic E-state index is -0.470. The number of carbonyl (C=O) groups excluding carboxylic acids is 3. The lowest BCUT2D eigenvalue weighted by Crippen LogP contribution is -2.36. The summed E-state index contributed by atoms with van der Waals surface area (Å²) in [5, 5.41) is 2.98. The summed E-state index contributed by atoms with van der Waals surface area (Å²) in [5.74, 6) is -0.890. The summed E-state index contributed by atoms with van der Waals surface area (Å²) in [7, 11) is 0. The minimum absolute atomic E-state index is 0.292. The molecule has 0 atom stereocenters. The topological polar surface area (TPSA) is 71.4 Å². The number of rotatable bonds is 5. The predicted octanol–water partition coefficient (Wildman–Crippen LogP) is 6.04. The fourth-order valence-electron chi connectivity index (χ4n) is 3.99. The molecule has 0 unspecified atom stereocenters. The first-order valence-electron chi connectivity index (χ1n) is 10.7. The molecule has 174 valence electrons. The van der Waals surface area contributed by atoms with Crippen LogP contribution >= 0.6 is 23.4 Å². The Labute approximate surface area is 207 Å². The third-order valence-corrected chi connectivity index (χ3v) is 6.83. The number of halogens is 1. The number of carbonyl (C=O) groups is 3. The van der Waals surface area contributed by atoms with Crippen molar-refractivity contribution in [3.05, 3.63) is 86.5 Å². The monoisotopic (exact) mass is 493 g/mol. The second-order valence-electron chi connectivity index (χ2n) is 8.27. The third kappa shape index (κ3) is 4.81. The number of hydrogen-bond acceptors (Lipinski definition) is 4. The Hall–Kier alpha value is -3.29. The van der Waals surface area contributed by atoms with Crippen LogP contribution in [0.4, 0.5) is 10.5 Å². The van der Waals surface area contributed by atoms with Crippen molar-refractivity contribution < 1.29 is 14.4 Å². The Morgan fingerprint density at radius 2 is 1.74 bits per heavy atom. The lowest BCUT2D eigenvalue weighted by Gasteiger charge is -2.14. The highest BCUT2D eigenvalue weighted by Gasteiger charge is 2.36. The van der Waals surface area contributed by atoms with Gasteiger partial charge in [-0.05, 0) is 93.1 Å². The van der Waals surface area contributed by atoms with E-state index in [9.17, 15) is 14.4 Å². The molecule has 1 aromatic heterocycles. The second-order valence-corrected chi connectivity index (χ2v) is 9.70. The molecule has 1 aliphatic rings. The molecule has 4 rings (SSSR count). The van der Waals surface area contributed by atoms with Crippen LogP contribution in [0, 0.1) is 27.7 Å². The third-order valence-electron chi connectivity index (χ3n) is 5.67. The van der Waals surface area contributed by atoms with Gasteiger partial charge in [0.15, 0.2) is 0 Å². The summed E-state index contributed by atoms with van der Waals surface area (Å²) in [5.41, 5.74) is 6.36. The van der Waals surface area contributed by atoms with Crippen LogP contribution < -0.4 is 5.32 Å². The van der Waals surface area contributed by atoms with E-state index in [1.807, 2.05) is 76.2 Å². The fourth-order valence-corrected chi connectivity index (χ4v) is 4.94. The first kappa shape index (κ1) is 23.9. The summed E-state index contributed by atoms with van der Waals surface area (Å²) in [4.78, 5) is 39.3. The van der Waals surface area contributed by atoms with Crippen LogP contribution in [0.15, 0.2) is 53.4 Å². The van der Waals surface area contributed by atoms with Crippen molar-refractivity contribution in [1.29, 1.82) is 0 Å². The maximum Gasteiger partial charge on any atom is 0.294 e. The van der Waals surface area contributed by atoms with Gasteiger partial charge in [0.25, 0.3) is 11.1 Å². The SMILES string of the molecule is Cc1ccc(NC(=O)CN2C(=O)S/C(=C/c3cc(C)n(-c4ccc(Cl)cc4)c3C)C2=O)c(C)c1. The number of aromatic nitrogens is 1. The Morgan fingerprint density at radius 1 is 1.03 bits per heavy atom. The van der Waals surface area contributed by atoms with E-state index in [1.54, 1.807) is 6.08 Å². The fraction of sp³-hybridized carbons (Fsp3) is 0.192. The number of imide groups is 1. The van der Waals surface area contributed by atoms with Crippen molar-refractivity contribution in [1.82, 2.24) is 9.47 Å². The zero-order chi connectivity index (χ0) is 24.6. The highest BCUT2D eigenvalue weighted by molar-refractivity contribution is 8.18. The highest BCUT2D eigenvalue weighted by Crippen LogP contribution is 2.34. The molecule has 2 aromatic carbocycles. The molecular formula is C26H24ClN3O3S. The normalized spacial score (nSPS) is 14.9. The molecule has 8 heteroatoms. The van der Waals surface area contributed by atoms with Crippen molar-refractivity contribution in [2.45, 2.75) is 27.7 Å². The molecule has 1 aliphatic heterocycles. The highest BCUT2D eigenvalue weighted by atomic mass is 35.5. The Kier molecular flexibility index (Phi) is 6.68. The number of thioether (sulfide) groups is 1. The number of amides is 3. The predicted molar refractivity (Wildman–Crippen MR) is 137 cm³/mol. The average Bonchev–Trinajstić information content (AvgIpc) is 3.20. The average molecular weight is 494 g/mol. The van der Waals surface area contributed by atoms with Crippen molar-refractivity contribution in [3.8, 4) is 5.69 Å². The molecule has 1 N–H and O–H groups in total. The van der Waals surface area contributed by atoms with Crippen LogP contribution in [0.1, 0.15) is 28.1 Å². The molecule has 3 aromatic rings. The number of aryl methyl sites for hydroxylation is 3. The number of hydrogen-bond donors (Lipinski definition) is 1. The van der Waals surface area contributed by atoms with Crippen molar-refractivity contribution >= 4 is 52.2 Å². The summed E-state index contributed by atoms with van der Waals surface area (Å²) in [6.07, 6.45) is 1.71. The van der Waals surface area contributed by atoms with E-state index in [1.165, 1.54) is 0 Å².